The standard InChI is InChI=1S/C33H43N3O9S/c1-9-27(33(38)34-22(2)3)35(20-23-11-10-12-24(17-23)41-4)32(37)21-36(28-18-25(42-5)13-15-29(28)43-6)46(39,40)26-14-16-30(44-7)31(19-26)45-8/h10-19,22,27H,9,20-21H2,1-8H3,(H,34,38)/t27-/m0/s1. The number of hydrogen-bond donors (Lipinski definition) is 1. The first-order valence-corrected chi connectivity index (χ1v) is 16.1. The van der Waals surface area contributed by atoms with Crippen molar-refractivity contribution in [3.63, 3.8) is 0 Å². The van der Waals surface area contributed by atoms with Crippen LogP contribution in [-0.4, -0.2) is 79.3 Å². The number of carbonyl (C=O) groups excluding carboxylic acids is 2. The SMILES string of the molecule is CC[C@@H](C(=O)NC(C)C)N(Cc1cccc(OC)c1)C(=O)CN(c1cc(OC)ccc1OC)S(=O)(=O)c1ccc(OC)c(OC)c1. The van der Waals surface area contributed by atoms with Gasteiger partial charge in [0.15, 0.2) is 11.5 Å². The van der Waals surface area contributed by atoms with Gasteiger partial charge in [-0.3, -0.25) is 13.9 Å². The van der Waals surface area contributed by atoms with E-state index in [-0.39, 0.29) is 47.0 Å². The number of rotatable bonds is 16. The van der Waals surface area contributed by atoms with E-state index in [1.165, 1.54) is 64.7 Å². The van der Waals surface area contributed by atoms with E-state index in [9.17, 15) is 18.0 Å². The molecule has 1 atom stereocenters. The molecule has 0 bridgehead atoms. The third kappa shape index (κ3) is 8.33. The molecule has 3 aromatic rings. The molecule has 3 aromatic carbocycles. The van der Waals surface area contributed by atoms with Crippen molar-refractivity contribution in [3.05, 3.63) is 66.2 Å². The lowest BCUT2D eigenvalue weighted by Gasteiger charge is -2.34. The summed E-state index contributed by atoms with van der Waals surface area (Å²) in [6.45, 7) is 4.78. The summed E-state index contributed by atoms with van der Waals surface area (Å²) < 4.78 is 56.8. The van der Waals surface area contributed by atoms with E-state index in [0.29, 0.717) is 22.8 Å². The van der Waals surface area contributed by atoms with Crippen LogP contribution in [0.15, 0.2) is 65.6 Å². The Morgan fingerprint density at radius 3 is 2.00 bits per heavy atom. The summed E-state index contributed by atoms with van der Waals surface area (Å²) in [5.74, 6) is 0.624. The molecule has 250 valence electrons. The van der Waals surface area contributed by atoms with E-state index in [1.807, 2.05) is 13.8 Å². The summed E-state index contributed by atoms with van der Waals surface area (Å²) >= 11 is 0. The van der Waals surface area contributed by atoms with Gasteiger partial charge in [0.1, 0.15) is 29.8 Å². The van der Waals surface area contributed by atoms with Gasteiger partial charge in [0.05, 0.1) is 46.1 Å². The van der Waals surface area contributed by atoms with Crippen LogP contribution in [0.4, 0.5) is 5.69 Å². The normalized spacial score (nSPS) is 11.8. The van der Waals surface area contributed by atoms with Crippen molar-refractivity contribution in [1.29, 1.82) is 0 Å². The van der Waals surface area contributed by atoms with Crippen molar-refractivity contribution in [1.82, 2.24) is 10.2 Å². The van der Waals surface area contributed by atoms with E-state index < -0.39 is 28.5 Å². The van der Waals surface area contributed by atoms with Crippen LogP contribution in [0.1, 0.15) is 32.8 Å². The summed E-state index contributed by atoms with van der Waals surface area (Å²) in [5, 5.41) is 2.88. The van der Waals surface area contributed by atoms with Crippen molar-refractivity contribution >= 4 is 27.5 Å². The largest absolute Gasteiger partial charge is 0.497 e. The number of carbonyl (C=O) groups is 2. The van der Waals surface area contributed by atoms with Gasteiger partial charge in [0.25, 0.3) is 10.0 Å². The van der Waals surface area contributed by atoms with E-state index in [2.05, 4.69) is 5.32 Å². The van der Waals surface area contributed by atoms with E-state index >= 15 is 0 Å². The summed E-state index contributed by atoms with van der Waals surface area (Å²) in [6, 6.07) is 14.8. The van der Waals surface area contributed by atoms with Crippen molar-refractivity contribution in [2.24, 2.45) is 0 Å². The molecule has 0 aliphatic rings. The van der Waals surface area contributed by atoms with Crippen LogP contribution in [0.25, 0.3) is 0 Å². The van der Waals surface area contributed by atoms with Crippen molar-refractivity contribution in [3.8, 4) is 28.7 Å². The minimum atomic E-state index is -4.46. The number of methoxy groups -OCH3 is 5. The van der Waals surface area contributed by atoms with Gasteiger partial charge in [-0.25, -0.2) is 8.42 Å². The lowest BCUT2D eigenvalue weighted by molar-refractivity contribution is -0.140. The minimum absolute atomic E-state index is 0.0134. The monoisotopic (exact) mass is 657 g/mol. The number of nitrogens with one attached hydrogen (secondary N) is 1. The summed E-state index contributed by atoms with van der Waals surface area (Å²) in [4.78, 5) is 29.1. The molecule has 3 rings (SSSR count). The van der Waals surface area contributed by atoms with E-state index in [4.69, 9.17) is 23.7 Å². The molecule has 0 radical (unpaired) electrons. The topological polar surface area (TPSA) is 133 Å². The highest BCUT2D eigenvalue weighted by atomic mass is 32.2. The second-order valence-electron chi connectivity index (χ2n) is 10.5. The van der Waals surface area contributed by atoms with Crippen LogP contribution in [0.5, 0.6) is 28.7 Å². The first-order valence-electron chi connectivity index (χ1n) is 14.6. The molecule has 1 N–H and O–H groups in total. The average Bonchev–Trinajstić information content (AvgIpc) is 3.05. The van der Waals surface area contributed by atoms with Gasteiger partial charge in [-0.2, -0.15) is 0 Å². The maximum absolute atomic E-state index is 14.5. The van der Waals surface area contributed by atoms with Crippen LogP contribution < -0.4 is 33.3 Å². The number of anilines is 1. The number of ether oxygens (including phenoxy) is 5. The zero-order chi connectivity index (χ0) is 34.0. The Labute approximate surface area is 271 Å². The molecular formula is C33H43N3O9S. The molecule has 0 aromatic heterocycles. The molecule has 46 heavy (non-hydrogen) atoms. The van der Waals surface area contributed by atoms with Crippen molar-refractivity contribution in [2.75, 3.05) is 46.4 Å². The highest BCUT2D eigenvalue weighted by molar-refractivity contribution is 7.92. The van der Waals surface area contributed by atoms with Gasteiger partial charge in [-0.1, -0.05) is 19.1 Å². The fourth-order valence-electron chi connectivity index (χ4n) is 4.88. The van der Waals surface area contributed by atoms with Crippen LogP contribution in [-0.2, 0) is 26.2 Å². The number of sulfonamides is 1. The number of amides is 2. The molecule has 0 aliphatic heterocycles. The van der Waals surface area contributed by atoms with Crippen LogP contribution in [0, 0.1) is 0 Å². The quantitative estimate of drug-likeness (QED) is 0.240. The third-order valence-electron chi connectivity index (χ3n) is 7.18. The Kier molecular flexibility index (Phi) is 12.5. The fourth-order valence-corrected chi connectivity index (χ4v) is 6.31. The molecule has 2 amide bonds. The molecular weight excluding hydrogens is 614 g/mol. The average molecular weight is 658 g/mol. The second-order valence-corrected chi connectivity index (χ2v) is 12.4. The summed E-state index contributed by atoms with van der Waals surface area (Å²) in [7, 11) is 2.75. The maximum atomic E-state index is 14.5. The Balaban J connectivity index is 2.21. The molecule has 0 aliphatic carbocycles. The second kappa shape index (κ2) is 16.1. The van der Waals surface area contributed by atoms with E-state index in [0.717, 1.165) is 4.31 Å². The van der Waals surface area contributed by atoms with Gasteiger partial charge < -0.3 is 33.9 Å². The number of nitrogens with zero attached hydrogens (tertiary/aromatic N) is 2. The fraction of sp³-hybridized carbons (Fsp3) is 0.394. The van der Waals surface area contributed by atoms with Gasteiger partial charge in [-0.05, 0) is 62.2 Å². The molecule has 13 heteroatoms. The molecule has 0 unspecified atom stereocenters. The Hall–Kier alpha value is -4.65. The van der Waals surface area contributed by atoms with Gasteiger partial charge in [-0.15, -0.1) is 0 Å². The van der Waals surface area contributed by atoms with Gasteiger partial charge in [0, 0.05) is 24.7 Å². The third-order valence-corrected chi connectivity index (χ3v) is 8.94. The zero-order valence-electron chi connectivity index (χ0n) is 27.5. The smallest absolute Gasteiger partial charge is 0.265 e. The first-order chi connectivity index (χ1) is 21.9. The molecule has 0 fully saturated rings. The van der Waals surface area contributed by atoms with Crippen LogP contribution in [0.3, 0.4) is 0 Å². The molecule has 0 spiro atoms. The molecule has 12 nitrogen and oxygen atoms in total. The Morgan fingerprint density at radius 2 is 1.41 bits per heavy atom. The summed E-state index contributed by atoms with van der Waals surface area (Å²) in [5.41, 5.74) is 0.753. The van der Waals surface area contributed by atoms with Gasteiger partial charge in [0.2, 0.25) is 11.8 Å². The van der Waals surface area contributed by atoms with Crippen LogP contribution in [0.2, 0.25) is 0 Å². The predicted molar refractivity (Wildman–Crippen MR) is 175 cm³/mol. The lowest BCUT2D eigenvalue weighted by Crippen LogP contribution is -2.53. The molecule has 0 saturated heterocycles. The van der Waals surface area contributed by atoms with Gasteiger partial charge >= 0.3 is 0 Å². The molecule has 0 saturated carbocycles. The maximum Gasteiger partial charge on any atom is 0.265 e. The summed E-state index contributed by atoms with van der Waals surface area (Å²) in [6.07, 6.45) is 0.277. The van der Waals surface area contributed by atoms with Crippen LogP contribution >= 0.6 is 0 Å². The Bertz CT molecular complexity index is 1610. The predicted octanol–water partition coefficient (Wildman–Crippen LogP) is 4.26. The lowest BCUT2D eigenvalue weighted by atomic mass is 10.1. The van der Waals surface area contributed by atoms with Crippen molar-refractivity contribution < 1.29 is 41.7 Å². The zero-order valence-corrected chi connectivity index (χ0v) is 28.3. The highest BCUT2D eigenvalue weighted by Crippen LogP contribution is 2.38. The molecule has 0 heterocycles. The minimum Gasteiger partial charge on any atom is -0.497 e. The highest BCUT2D eigenvalue weighted by Gasteiger charge is 2.35. The number of benzene rings is 3. The Morgan fingerprint density at radius 1 is 0.783 bits per heavy atom. The van der Waals surface area contributed by atoms with E-state index in [1.54, 1.807) is 43.3 Å². The number of hydrogen-bond acceptors (Lipinski definition) is 9. The first kappa shape index (κ1) is 35.8. The van der Waals surface area contributed by atoms with Crippen molar-refractivity contribution in [2.45, 2.75) is 50.7 Å².